The van der Waals surface area contributed by atoms with E-state index < -0.39 is 0 Å². The van der Waals surface area contributed by atoms with Crippen molar-refractivity contribution in [3.8, 4) is 0 Å². The van der Waals surface area contributed by atoms with Crippen molar-refractivity contribution < 1.29 is 14.0 Å². The SMILES string of the molecule is Cc1cc(NC(=O)CN2CCN(C(=O)c3ccco3)CC2)n(C)n1. The van der Waals surface area contributed by atoms with Gasteiger partial charge < -0.3 is 14.6 Å². The first kappa shape index (κ1) is 16.3. The van der Waals surface area contributed by atoms with Crippen LogP contribution in [0.25, 0.3) is 0 Å². The molecule has 0 saturated carbocycles. The van der Waals surface area contributed by atoms with Crippen molar-refractivity contribution in [2.45, 2.75) is 6.92 Å². The molecule has 0 radical (unpaired) electrons. The minimum atomic E-state index is -0.102. The number of aromatic nitrogens is 2. The summed E-state index contributed by atoms with van der Waals surface area (Å²) in [7, 11) is 1.79. The van der Waals surface area contributed by atoms with Crippen LogP contribution in [0.4, 0.5) is 5.82 Å². The second-order valence-corrected chi connectivity index (χ2v) is 5.89. The number of hydrogen-bond acceptors (Lipinski definition) is 5. The van der Waals surface area contributed by atoms with Crippen LogP contribution in [0.3, 0.4) is 0 Å². The lowest BCUT2D eigenvalue weighted by Crippen LogP contribution is -2.50. The number of furan rings is 1. The molecule has 0 aliphatic carbocycles. The molecule has 1 aliphatic heterocycles. The number of aryl methyl sites for hydroxylation is 2. The van der Waals surface area contributed by atoms with Crippen LogP contribution < -0.4 is 5.32 Å². The molecule has 2 amide bonds. The highest BCUT2D eigenvalue weighted by molar-refractivity contribution is 5.92. The van der Waals surface area contributed by atoms with E-state index in [4.69, 9.17) is 4.42 Å². The van der Waals surface area contributed by atoms with Gasteiger partial charge in [-0.15, -0.1) is 0 Å². The molecule has 1 saturated heterocycles. The van der Waals surface area contributed by atoms with Crippen molar-refractivity contribution in [3.63, 3.8) is 0 Å². The third-order valence-corrected chi connectivity index (χ3v) is 4.03. The number of nitrogens with zero attached hydrogens (tertiary/aromatic N) is 4. The summed E-state index contributed by atoms with van der Waals surface area (Å²) in [5.74, 6) is 0.857. The van der Waals surface area contributed by atoms with Gasteiger partial charge in [-0.2, -0.15) is 5.10 Å². The Labute approximate surface area is 140 Å². The topological polar surface area (TPSA) is 83.6 Å². The number of piperazine rings is 1. The molecule has 24 heavy (non-hydrogen) atoms. The number of amides is 2. The summed E-state index contributed by atoms with van der Waals surface area (Å²) >= 11 is 0. The summed E-state index contributed by atoms with van der Waals surface area (Å²) in [6.45, 7) is 4.65. The molecule has 8 nitrogen and oxygen atoms in total. The van der Waals surface area contributed by atoms with Crippen LogP contribution in [0.1, 0.15) is 16.2 Å². The zero-order chi connectivity index (χ0) is 17.1. The molecule has 2 aromatic heterocycles. The average Bonchev–Trinajstić information content (AvgIpc) is 3.18. The van der Waals surface area contributed by atoms with E-state index in [1.807, 2.05) is 17.9 Å². The predicted octanol–water partition coefficient (Wildman–Crippen LogP) is 0.718. The van der Waals surface area contributed by atoms with Crippen molar-refractivity contribution in [2.75, 3.05) is 38.0 Å². The van der Waals surface area contributed by atoms with Crippen molar-refractivity contribution in [1.29, 1.82) is 0 Å². The summed E-state index contributed by atoms with van der Waals surface area (Å²) in [4.78, 5) is 28.1. The van der Waals surface area contributed by atoms with Crippen LogP contribution in [0.2, 0.25) is 0 Å². The molecular weight excluding hydrogens is 310 g/mol. The van der Waals surface area contributed by atoms with E-state index in [1.165, 1.54) is 6.26 Å². The largest absolute Gasteiger partial charge is 0.459 e. The Hall–Kier alpha value is -2.61. The maximum atomic E-state index is 12.2. The molecule has 1 aliphatic rings. The van der Waals surface area contributed by atoms with Gasteiger partial charge in [0.25, 0.3) is 5.91 Å². The number of rotatable bonds is 4. The smallest absolute Gasteiger partial charge is 0.289 e. The molecule has 128 valence electrons. The van der Waals surface area contributed by atoms with Gasteiger partial charge in [0.1, 0.15) is 5.82 Å². The molecule has 1 fully saturated rings. The third kappa shape index (κ3) is 3.65. The van der Waals surface area contributed by atoms with Crippen molar-refractivity contribution >= 4 is 17.6 Å². The number of anilines is 1. The standard InChI is InChI=1S/C16H21N5O3/c1-12-10-14(19(2)18-12)17-15(22)11-20-5-7-21(8-6-20)16(23)13-4-3-9-24-13/h3-4,9-10H,5-8,11H2,1-2H3,(H,17,22). The second-order valence-electron chi connectivity index (χ2n) is 5.89. The Kier molecular flexibility index (Phi) is 4.66. The van der Waals surface area contributed by atoms with Crippen LogP contribution in [-0.2, 0) is 11.8 Å². The van der Waals surface area contributed by atoms with E-state index in [0.29, 0.717) is 44.3 Å². The summed E-state index contributed by atoms with van der Waals surface area (Å²) in [6, 6.07) is 5.20. The fourth-order valence-electron chi connectivity index (χ4n) is 2.78. The monoisotopic (exact) mass is 331 g/mol. The number of carbonyl (C=O) groups excluding carboxylic acids is 2. The lowest BCUT2D eigenvalue weighted by atomic mass is 10.3. The molecule has 2 aromatic rings. The van der Waals surface area contributed by atoms with E-state index in [2.05, 4.69) is 10.4 Å². The van der Waals surface area contributed by atoms with E-state index >= 15 is 0 Å². The molecule has 3 rings (SSSR count). The fourth-order valence-corrected chi connectivity index (χ4v) is 2.78. The Morgan fingerprint density at radius 3 is 2.62 bits per heavy atom. The lowest BCUT2D eigenvalue weighted by molar-refractivity contribution is -0.117. The van der Waals surface area contributed by atoms with Crippen LogP contribution in [-0.4, -0.2) is 64.1 Å². The maximum Gasteiger partial charge on any atom is 0.289 e. The van der Waals surface area contributed by atoms with Gasteiger partial charge in [-0.1, -0.05) is 0 Å². The molecule has 1 N–H and O–H groups in total. The number of nitrogens with one attached hydrogen (secondary N) is 1. The molecule has 3 heterocycles. The van der Waals surface area contributed by atoms with Gasteiger partial charge in [0.05, 0.1) is 18.5 Å². The molecule has 8 heteroatoms. The second kappa shape index (κ2) is 6.88. The van der Waals surface area contributed by atoms with Gasteiger partial charge >= 0.3 is 0 Å². The maximum absolute atomic E-state index is 12.2. The zero-order valence-corrected chi connectivity index (χ0v) is 13.9. The highest BCUT2D eigenvalue weighted by Crippen LogP contribution is 2.11. The van der Waals surface area contributed by atoms with Crippen molar-refractivity contribution in [1.82, 2.24) is 19.6 Å². The van der Waals surface area contributed by atoms with E-state index in [1.54, 1.807) is 28.8 Å². The normalized spacial score (nSPS) is 15.5. The molecule has 0 atom stereocenters. The molecule has 0 bridgehead atoms. The van der Waals surface area contributed by atoms with Gasteiger partial charge in [0.15, 0.2) is 5.76 Å². The van der Waals surface area contributed by atoms with Gasteiger partial charge in [0.2, 0.25) is 5.91 Å². The molecule has 0 spiro atoms. The van der Waals surface area contributed by atoms with Crippen LogP contribution in [0.15, 0.2) is 28.9 Å². The van der Waals surface area contributed by atoms with Gasteiger partial charge in [-0.05, 0) is 19.1 Å². The van der Waals surface area contributed by atoms with Crippen LogP contribution >= 0.6 is 0 Å². The van der Waals surface area contributed by atoms with Crippen LogP contribution in [0, 0.1) is 6.92 Å². The first-order chi connectivity index (χ1) is 11.5. The Morgan fingerprint density at radius 2 is 2.04 bits per heavy atom. The fraction of sp³-hybridized carbons (Fsp3) is 0.438. The minimum Gasteiger partial charge on any atom is -0.459 e. The van der Waals surface area contributed by atoms with E-state index in [9.17, 15) is 9.59 Å². The number of carbonyl (C=O) groups is 2. The molecular formula is C16H21N5O3. The third-order valence-electron chi connectivity index (χ3n) is 4.03. The Balaban J connectivity index is 1.47. The summed E-state index contributed by atoms with van der Waals surface area (Å²) < 4.78 is 6.79. The quantitative estimate of drug-likeness (QED) is 0.892. The molecule has 0 unspecified atom stereocenters. The lowest BCUT2D eigenvalue weighted by Gasteiger charge is -2.33. The Bertz CT molecular complexity index is 714. The summed E-state index contributed by atoms with van der Waals surface area (Å²) in [6.07, 6.45) is 1.49. The average molecular weight is 331 g/mol. The van der Waals surface area contributed by atoms with Gasteiger partial charge in [0, 0.05) is 39.3 Å². The highest BCUT2D eigenvalue weighted by Gasteiger charge is 2.24. The first-order valence-electron chi connectivity index (χ1n) is 7.88. The molecule has 0 aromatic carbocycles. The highest BCUT2D eigenvalue weighted by atomic mass is 16.3. The predicted molar refractivity (Wildman–Crippen MR) is 87.6 cm³/mol. The van der Waals surface area contributed by atoms with Crippen LogP contribution in [0.5, 0.6) is 0 Å². The van der Waals surface area contributed by atoms with Gasteiger partial charge in [-0.25, -0.2) is 0 Å². The summed E-state index contributed by atoms with van der Waals surface area (Å²) in [5.41, 5.74) is 0.859. The first-order valence-corrected chi connectivity index (χ1v) is 7.88. The van der Waals surface area contributed by atoms with E-state index in [-0.39, 0.29) is 11.8 Å². The summed E-state index contributed by atoms with van der Waals surface area (Å²) in [5, 5.41) is 7.06. The number of hydrogen-bond donors (Lipinski definition) is 1. The van der Waals surface area contributed by atoms with E-state index in [0.717, 1.165) is 5.69 Å². The van der Waals surface area contributed by atoms with Gasteiger partial charge in [-0.3, -0.25) is 19.2 Å². The Morgan fingerprint density at radius 1 is 1.29 bits per heavy atom. The minimum absolute atomic E-state index is 0.0798. The zero-order valence-electron chi connectivity index (χ0n) is 13.9. The van der Waals surface area contributed by atoms with Crippen molar-refractivity contribution in [2.24, 2.45) is 7.05 Å². The van der Waals surface area contributed by atoms with Crippen molar-refractivity contribution in [3.05, 3.63) is 35.9 Å².